The third-order valence-electron chi connectivity index (χ3n) is 2.75. The number of rotatable bonds is 2. The second-order valence-electron chi connectivity index (χ2n) is 3.90. The SMILES string of the molecule is OC1CSCC1c1nc(-c2ccncc2)no1. The summed E-state index contributed by atoms with van der Waals surface area (Å²) in [6.07, 6.45) is 2.99. The van der Waals surface area contributed by atoms with Gasteiger partial charge in [-0.3, -0.25) is 4.98 Å². The molecule has 3 rings (SSSR count). The van der Waals surface area contributed by atoms with Gasteiger partial charge in [0.15, 0.2) is 0 Å². The molecule has 1 aliphatic rings. The van der Waals surface area contributed by atoms with E-state index >= 15 is 0 Å². The molecule has 3 heterocycles. The number of pyridine rings is 1. The van der Waals surface area contributed by atoms with E-state index in [1.807, 2.05) is 12.1 Å². The molecule has 6 heteroatoms. The Labute approximate surface area is 102 Å². The van der Waals surface area contributed by atoms with Crippen LogP contribution in [0.3, 0.4) is 0 Å². The van der Waals surface area contributed by atoms with Crippen molar-refractivity contribution in [3.63, 3.8) is 0 Å². The predicted molar refractivity (Wildman–Crippen MR) is 63.6 cm³/mol. The van der Waals surface area contributed by atoms with Gasteiger partial charge in [0.1, 0.15) is 0 Å². The van der Waals surface area contributed by atoms with Gasteiger partial charge in [-0.05, 0) is 12.1 Å². The molecule has 2 atom stereocenters. The Morgan fingerprint density at radius 3 is 2.82 bits per heavy atom. The van der Waals surface area contributed by atoms with Crippen LogP contribution in [0.2, 0.25) is 0 Å². The fourth-order valence-electron chi connectivity index (χ4n) is 1.78. The minimum Gasteiger partial charge on any atom is -0.391 e. The fraction of sp³-hybridized carbons (Fsp3) is 0.364. The number of thioether (sulfide) groups is 1. The van der Waals surface area contributed by atoms with Crippen LogP contribution in [0.1, 0.15) is 11.8 Å². The first kappa shape index (κ1) is 10.7. The quantitative estimate of drug-likeness (QED) is 0.865. The van der Waals surface area contributed by atoms with Crippen molar-refractivity contribution in [3.05, 3.63) is 30.4 Å². The highest BCUT2D eigenvalue weighted by Gasteiger charge is 2.32. The van der Waals surface area contributed by atoms with Crippen LogP contribution in [0.15, 0.2) is 29.0 Å². The van der Waals surface area contributed by atoms with Crippen molar-refractivity contribution in [2.75, 3.05) is 11.5 Å². The third kappa shape index (κ3) is 2.05. The molecule has 0 amide bonds. The number of aliphatic hydroxyl groups is 1. The first-order valence-corrected chi connectivity index (χ1v) is 6.50. The van der Waals surface area contributed by atoms with E-state index in [4.69, 9.17) is 4.52 Å². The molecule has 88 valence electrons. The van der Waals surface area contributed by atoms with Gasteiger partial charge in [-0.1, -0.05) is 5.16 Å². The van der Waals surface area contributed by atoms with E-state index in [2.05, 4.69) is 15.1 Å². The zero-order valence-electron chi connectivity index (χ0n) is 8.98. The molecule has 17 heavy (non-hydrogen) atoms. The van der Waals surface area contributed by atoms with E-state index in [1.165, 1.54) is 0 Å². The maximum absolute atomic E-state index is 9.76. The van der Waals surface area contributed by atoms with Crippen LogP contribution in [0.25, 0.3) is 11.4 Å². The molecule has 2 unspecified atom stereocenters. The molecule has 2 aromatic rings. The van der Waals surface area contributed by atoms with Gasteiger partial charge >= 0.3 is 0 Å². The molecule has 5 nitrogen and oxygen atoms in total. The Balaban J connectivity index is 1.88. The molecule has 0 spiro atoms. The summed E-state index contributed by atoms with van der Waals surface area (Å²) in [4.78, 5) is 8.27. The normalized spacial score (nSPS) is 24.1. The van der Waals surface area contributed by atoms with E-state index < -0.39 is 0 Å². The van der Waals surface area contributed by atoms with E-state index in [9.17, 15) is 5.11 Å². The fourth-order valence-corrected chi connectivity index (χ4v) is 3.01. The number of nitrogens with zero attached hydrogens (tertiary/aromatic N) is 3. The highest BCUT2D eigenvalue weighted by molar-refractivity contribution is 7.99. The highest BCUT2D eigenvalue weighted by atomic mass is 32.2. The van der Waals surface area contributed by atoms with Crippen molar-refractivity contribution < 1.29 is 9.63 Å². The monoisotopic (exact) mass is 249 g/mol. The van der Waals surface area contributed by atoms with Crippen molar-refractivity contribution in [2.24, 2.45) is 0 Å². The van der Waals surface area contributed by atoms with E-state index in [-0.39, 0.29) is 12.0 Å². The Bertz CT molecular complexity index is 502. The molecule has 0 aliphatic carbocycles. The molecule has 0 radical (unpaired) electrons. The van der Waals surface area contributed by atoms with E-state index in [0.29, 0.717) is 11.7 Å². The molecule has 0 bridgehead atoms. The van der Waals surface area contributed by atoms with Crippen LogP contribution in [-0.4, -0.2) is 37.8 Å². The second-order valence-corrected chi connectivity index (χ2v) is 4.98. The Morgan fingerprint density at radius 2 is 2.12 bits per heavy atom. The zero-order valence-corrected chi connectivity index (χ0v) is 9.80. The lowest BCUT2D eigenvalue weighted by molar-refractivity contribution is 0.164. The molecule has 1 fully saturated rings. The minimum absolute atomic E-state index is 0.0388. The average molecular weight is 249 g/mol. The summed E-state index contributed by atoms with van der Waals surface area (Å²) in [6, 6.07) is 3.66. The van der Waals surface area contributed by atoms with E-state index in [1.54, 1.807) is 24.2 Å². The molecule has 1 aliphatic heterocycles. The minimum atomic E-state index is -0.384. The van der Waals surface area contributed by atoms with Crippen molar-refractivity contribution in [2.45, 2.75) is 12.0 Å². The maximum atomic E-state index is 9.76. The van der Waals surface area contributed by atoms with Crippen molar-refractivity contribution in [1.82, 2.24) is 15.1 Å². The van der Waals surface area contributed by atoms with Gasteiger partial charge in [0, 0.05) is 29.5 Å². The first-order valence-electron chi connectivity index (χ1n) is 5.34. The van der Waals surface area contributed by atoms with Crippen LogP contribution in [0.5, 0.6) is 0 Å². The van der Waals surface area contributed by atoms with Crippen LogP contribution < -0.4 is 0 Å². The lowest BCUT2D eigenvalue weighted by Crippen LogP contribution is -2.15. The molecule has 0 aromatic carbocycles. The number of hydrogen-bond acceptors (Lipinski definition) is 6. The summed E-state index contributed by atoms with van der Waals surface area (Å²) in [5.41, 5.74) is 0.870. The van der Waals surface area contributed by atoms with Crippen molar-refractivity contribution >= 4 is 11.8 Å². The van der Waals surface area contributed by atoms with Crippen LogP contribution in [0, 0.1) is 0 Å². The molecular weight excluding hydrogens is 238 g/mol. The lowest BCUT2D eigenvalue weighted by Gasteiger charge is -2.06. The molecule has 0 saturated carbocycles. The highest BCUT2D eigenvalue weighted by Crippen LogP contribution is 2.32. The molecule has 1 N–H and O–H groups in total. The Morgan fingerprint density at radius 1 is 1.29 bits per heavy atom. The molecule has 2 aromatic heterocycles. The number of aliphatic hydroxyl groups excluding tert-OH is 1. The van der Waals surface area contributed by atoms with Gasteiger partial charge in [0.25, 0.3) is 0 Å². The number of aromatic nitrogens is 3. The Hall–Kier alpha value is -1.40. The van der Waals surface area contributed by atoms with Crippen molar-refractivity contribution in [1.29, 1.82) is 0 Å². The van der Waals surface area contributed by atoms with Gasteiger partial charge in [-0.25, -0.2) is 0 Å². The topological polar surface area (TPSA) is 72.0 Å². The molecule has 1 saturated heterocycles. The maximum Gasteiger partial charge on any atom is 0.233 e. The van der Waals surface area contributed by atoms with Gasteiger partial charge < -0.3 is 9.63 Å². The van der Waals surface area contributed by atoms with Crippen LogP contribution >= 0.6 is 11.8 Å². The third-order valence-corrected chi connectivity index (χ3v) is 3.92. The van der Waals surface area contributed by atoms with Gasteiger partial charge in [0.2, 0.25) is 11.7 Å². The smallest absolute Gasteiger partial charge is 0.233 e. The largest absolute Gasteiger partial charge is 0.391 e. The summed E-state index contributed by atoms with van der Waals surface area (Å²) >= 11 is 1.70. The van der Waals surface area contributed by atoms with E-state index in [0.717, 1.165) is 17.1 Å². The number of hydrogen-bond donors (Lipinski definition) is 1. The van der Waals surface area contributed by atoms with Crippen LogP contribution in [0.4, 0.5) is 0 Å². The summed E-state index contributed by atoms with van der Waals surface area (Å²) in [5, 5.41) is 13.7. The standard InChI is InChI=1S/C11H11N3O2S/c15-9-6-17-5-8(9)11-13-10(14-16-11)7-1-3-12-4-2-7/h1-4,8-9,15H,5-6H2. The summed E-state index contributed by atoms with van der Waals surface area (Å²) < 4.78 is 5.22. The first-order chi connectivity index (χ1) is 8.34. The van der Waals surface area contributed by atoms with Gasteiger partial charge in [-0.15, -0.1) is 0 Å². The van der Waals surface area contributed by atoms with Gasteiger partial charge in [-0.2, -0.15) is 16.7 Å². The summed E-state index contributed by atoms with van der Waals surface area (Å²) in [6.45, 7) is 0. The summed E-state index contributed by atoms with van der Waals surface area (Å²) in [7, 11) is 0. The van der Waals surface area contributed by atoms with Crippen molar-refractivity contribution in [3.8, 4) is 11.4 Å². The Kier molecular flexibility index (Phi) is 2.82. The predicted octanol–water partition coefficient (Wildman–Crippen LogP) is 1.32. The summed E-state index contributed by atoms with van der Waals surface area (Å²) in [5.74, 6) is 2.60. The van der Waals surface area contributed by atoms with Gasteiger partial charge in [0.05, 0.1) is 12.0 Å². The average Bonchev–Trinajstić information content (AvgIpc) is 2.98. The molecular formula is C11H11N3O2S. The second kappa shape index (κ2) is 4.46. The lowest BCUT2D eigenvalue weighted by atomic mass is 10.1. The zero-order chi connectivity index (χ0) is 11.7. The van der Waals surface area contributed by atoms with Crippen LogP contribution in [-0.2, 0) is 0 Å².